The Morgan fingerprint density at radius 2 is 1.88 bits per heavy atom. The minimum atomic E-state index is -0.904. The average molecular weight is 346 g/mol. The number of carboxylic acid groups (broad SMARTS) is 1. The Morgan fingerprint density at radius 1 is 1.21 bits per heavy atom. The molecule has 0 unspecified atom stereocenters. The molecule has 0 bridgehead atoms. The molecule has 0 aliphatic carbocycles. The first-order valence-electron chi connectivity index (χ1n) is 8.00. The first kappa shape index (κ1) is 18.1. The van der Waals surface area contributed by atoms with Crippen LogP contribution in [-0.4, -0.2) is 27.5 Å². The summed E-state index contributed by atoms with van der Waals surface area (Å²) >= 11 is 1.50. The predicted octanol–water partition coefficient (Wildman–Crippen LogP) is 3.50. The maximum atomic E-state index is 12.3. The first-order valence-corrected chi connectivity index (χ1v) is 8.88. The molecule has 0 spiro atoms. The summed E-state index contributed by atoms with van der Waals surface area (Å²) in [5.41, 5.74) is 1.03. The van der Waals surface area contributed by atoms with E-state index in [-0.39, 0.29) is 18.7 Å². The van der Waals surface area contributed by atoms with Crippen LogP contribution in [0, 0.1) is 0 Å². The Balaban J connectivity index is 2.04. The molecule has 1 heterocycles. The number of thiazole rings is 1. The van der Waals surface area contributed by atoms with Gasteiger partial charge in [0, 0.05) is 16.5 Å². The minimum absolute atomic E-state index is 0.0714. The van der Waals surface area contributed by atoms with E-state index in [9.17, 15) is 9.59 Å². The van der Waals surface area contributed by atoms with Crippen LogP contribution < -0.4 is 5.32 Å². The quantitative estimate of drug-likeness (QED) is 0.767. The average Bonchev–Trinajstić information content (AvgIpc) is 3.02. The summed E-state index contributed by atoms with van der Waals surface area (Å²) in [7, 11) is 0. The lowest BCUT2D eigenvalue weighted by Crippen LogP contribution is -2.49. The zero-order chi connectivity index (χ0) is 17.6. The van der Waals surface area contributed by atoms with E-state index in [2.05, 4.69) is 10.3 Å². The number of carboxylic acids is 1. The molecule has 0 aliphatic rings. The van der Waals surface area contributed by atoms with Gasteiger partial charge in [0.25, 0.3) is 0 Å². The zero-order valence-corrected chi connectivity index (χ0v) is 14.7. The topological polar surface area (TPSA) is 79.3 Å². The van der Waals surface area contributed by atoms with Crippen LogP contribution in [0.25, 0.3) is 10.6 Å². The van der Waals surface area contributed by atoms with Crippen LogP contribution in [0.15, 0.2) is 35.7 Å². The SMILES string of the molecule is CCC(CC)(CC(=O)O)NC(=O)Cc1csc(-c2ccccc2)n1. The molecule has 2 N–H and O–H groups in total. The van der Waals surface area contributed by atoms with Gasteiger partial charge < -0.3 is 10.4 Å². The van der Waals surface area contributed by atoms with Crippen LogP contribution in [0.1, 0.15) is 38.8 Å². The van der Waals surface area contributed by atoms with Crippen molar-refractivity contribution in [2.24, 2.45) is 0 Å². The number of benzene rings is 1. The van der Waals surface area contributed by atoms with Crippen molar-refractivity contribution in [3.63, 3.8) is 0 Å². The van der Waals surface area contributed by atoms with Crippen molar-refractivity contribution < 1.29 is 14.7 Å². The Hall–Kier alpha value is -2.21. The third-order valence-corrected chi connectivity index (χ3v) is 5.10. The van der Waals surface area contributed by atoms with Crippen LogP contribution >= 0.6 is 11.3 Å². The van der Waals surface area contributed by atoms with Crippen molar-refractivity contribution >= 4 is 23.2 Å². The molecular formula is C18H22N2O3S. The maximum absolute atomic E-state index is 12.3. The lowest BCUT2D eigenvalue weighted by atomic mass is 9.88. The molecule has 128 valence electrons. The fourth-order valence-electron chi connectivity index (χ4n) is 2.62. The highest BCUT2D eigenvalue weighted by molar-refractivity contribution is 7.13. The highest BCUT2D eigenvalue weighted by atomic mass is 32.1. The first-order chi connectivity index (χ1) is 11.5. The number of amides is 1. The Morgan fingerprint density at radius 3 is 2.46 bits per heavy atom. The van der Waals surface area contributed by atoms with E-state index < -0.39 is 11.5 Å². The van der Waals surface area contributed by atoms with Crippen LogP contribution in [0.2, 0.25) is 0 Å². The van der Waals surface area contributed by atoms with Gasteiger partial charge in [0.05, 0.1) is 18.5 Å². The Bertz CT molecular complexity index is 693. The van der Waals surface area contributed by atoms with Crippen LogP contribution in [0.4, 0.5) is 0 Å². The molecule has 0 fully saturated rings. The lowest BCUT2D eigenvalue weighted by Gasteiger charge is -2.31. The molecule has 0 atom stereocenters. The van der Waals surface area contributed by atoms with Gasteiger partial charge in [0.15, 0.2) is 0 Å². The van der Waals surface area contributed by atoms with E-state index in [1.807, 2.05) is 49.6 Å². The summed E-state index contributed by atoms with van der Waals surface area (Å²) < 4.78 is 0. The summed E-state index contributed by atoms with van der Waals surface area (Å²) in [6.45, 7) is 3.78. The standard InChI is InChI=1S/C18H22N2O3S/c1-3-18(4-2,11-16(22)23)20-15(21)10-14-12-24-17(19-14)13-8-6-5-7-9-13/h5-9,12H,3-4,10-11H2,1-2H3,(H,20,21)(H,22,23). The number of nitrogens with zero attached hydrogens (tertiary/aromatic N) is 1. The molecule has 0 saturated carbocycles. The maximum Gasteiger partial charge on any atom is 0.305 e. The van der Waals surface area contributed by atoms with Crippen molar-refractivity contribution in [1.29, 1.82) is 0 Å². The predicted molar refractivity (Wildman–Crippen MR) is 95.0 cm³/mol. The molecular weight excluding hydrogens is 324 g/mol. The summed E-state index contributed by atoms with van der Waals surface area (Å²) in [6.07, 6.45) is 1.24. The largest absolute Gasteiger partial charge is 0.481 e. The van der Waals surface area contributed by atoms with Crippen molar-refractivity contribution in [1.82, 2.24) is 10.3 Å². The monoisotopic (exact) mass is 346 g/mol. The second-order valence-corrected chi connectivity index (χ2v) is 6.65. The number of aromatic nitrogens is 1. The molecule has 2 aromatic rings. The third-order valence-electron chi connectivity index (χ3n) is 4.16. The van der Waals surface area contributed by atoms with Gasteiger partial charge in [-0.15, -0.1) is 11.3 Å². The summed E-state index contributed by atoms with van der Waals surface area (Å²) in [5.74, 6) is -1.09. The third kappa shape index (κ3) is 4.64. The number of hydrogen-bond donors (Lipinski definition) is 2. The van der Waals surface area contributed by atoms with Gasteiger partial charge in [0.1, 0.15) is 5.01 Å². The molecule has 1 aromatic heterocycles. The van der Waals surface area contributed by atoms with Gasteiger partial charge in [0.2, 0.25) is 5.91 Å². The number of carbonyl (C=O) groups excluding carboxylic acids is 1. The summed E-state index contributed by atoms with van der Waals surface area (Å²) in [6, 6.07) is 9.81. The normalized spacial score (nSPS) is 11.2. The van der Waals surface area contributed by atoms with E-state index in [0.29, 0.717) is 18.5 Å². The molecule has 2 rings (SSSR count). The van der Waals surface area contributed by atoms with E-state index in [1.165, 1.54) is 11.3 Å². The Labute approximate surface area is 145 Å². The minimum Gasteiger partial charge on any atom is -0.481 e. The summed E-state index contributed by atoms with van der Waals surface area (Å²) in [5, 5.41) is 14.7. The highest BCUT2D eigenvalue weighted by Crippen LogP contribution is 2.24. The number of rotatable bonds is 8. The second kappa shape index (κ2) is 8.06. The molecule has 5 nitrogen and oxygen atoms in total. The fourth-order valence-corrected chi connectivity index (χ4v) is 3.44. The summed E-state index contributed by atoms with van der Waals surface area (Å²) in [4.78, 5) is 27.9. The van der Waals surface area contributed by atoms with Crippen LogP contribution in [0.5, 0.6) is 0 Å². The molecule has 24 heavy (non-hydrogen) atoms. The second-order valence-electron chi connectivity index (χ2n) is 5.79. The Kier molecular flexibility index (Phi) is 6.09. The van der Waals surface area contributed by atoms with Crippen molar-refractivity contribution in [2.45, 2.75) is 45.1 Å². The van der Waals surface area contributed by atoms with E-state index in [0.717, 1.165) is 10.6 Å². The van der Waals surface area contributed by atoms with Crippen LogP contribution in [-0.2, 0) is 16.0 Å². The van der Waals surface area contributed by atoms with Gasteiger partial charge >= 0.3 is 5.97 Å². The van der Waals surface area contributed by atoms with E-state index in [1.54, 1.807) is 0 Å². The number of nitrogens with one attached hydrogen (secondary N) is 1. The number of aliphatic carboxylic acids is 1. The van der Waals surface area contributed by atoms with Gasteiger partial charge in [-0.05, 0) is 12.8 Å². The van der Waals surface area contributed by atoms with Gasteiger partial charge in [-0.2, -0.15) is 0 Å². The molecule has 0 aliphatic heterocycles. The van der Waals surface area contributed by atoms with Crippen molar-refractivity contribution in [2.75, 3.05) is 0 Å². The molecule has 1 amide bonds. The smallest absolute Gasteiger partial charge is 0.305 e. The number of hydrogen-bond acceptors (Lipinski definition) is 4. The molecule has 0 saturated heterocycles. The van der Waals surface area contributed by atoms with E-state index in [4.69, 9.17) is 5.11 Å². The zero-order valence-electron chi connectivity index (χ0n) is 13.9. The fraction of sp³-hybridized carbons (Fsp3) is 0.389. The molecule has 1 aromatic carbocycles. The number of carbonyl (C=O) groups is 2. The highest BCUT2D eigenvalue weighted by Gasteiger charge is 2.31. The van der Waals surface area contributed by atoms with E-state index >= 15 is 0 Å². The van der Waals surface area contributed by atoms with Crippen molar-refractivity contribution in [3.8, 4) is 10.6 Å². The van der Waals surface area contributed by atoms with Gasteiger partial charge in [-0.25, -0.2) is 4.98 Å². The van der Waals surface area contributed by atoms with Crippen LogP contribution in [0.3, 0.4) is 0 Å². The van der Waals surface area contributed by atoms with Crippen molar-refractivity contribution in [3.05, 3.63) is 41.4 Å². The van der Waals surface area contributed by atoms with Gasteiger partial charge in [-0.1, -0.05) is 44.2 Å². The lowest BCUT2D eigenvalue weighted by molar-refractivity contribution is -0.139. The molecule has 0 radical (unpaired) electrons. The van der Waals surface area contributed by atoms with Gasteiger partial charge in [-0.3, -0.25) is 9.59 Å². The molecule has 6 heteroatoms.